The Morgan fingerprint density at radius 3 is 2.71 bits per heavy atom. The van der Waals surface area contributed by atoms with Crippen molar-refractivity contribution in [2.75, 3.05) is 18.5 Å². The smallest absolute Gasteiger partial charge is 0.335 e. The summed E-state index contributed by atoms with van der Waals surface area (Å²) in [5, 5.41) is 11.4. The molecule has 17 heavy (non-hydrogen) atoms. The van der Waals surface area contributed by atoms with E-state index in [9.17, 15) is 9.59 Å². The van der Waals surface area contributed by atoms with Crippen LogP contribution in [0.4, 0.5) is 5.69 Å². The summed E-state index contributed by atoms with van der Waals surface area (Å²) in [6, 6.07) is 4.37. The maximum atomic E-state index is 11.4. The lowest BCUT2D eigenvalue weighted by Crippen LogP contribution is -2.18. The van der Waals surface area contributed by atoms with Crippen molar-refractivity contribution in [3.05, 3.63) is 28.2 Å². The fourth-order valence-corrected chi connectivity index (χ4v) is 1.61. The van der Waals surface area contributed by atoms with Crippen molar-refractivity contribution in [2.45, 2.75) is 6.92 Å². The summed E-state index contributed by atoms with van der Waals surface area (Å²) in [5.41, 5.74) is 0.666. The molecular formula is C11H12BrNO4. The van der Waals surface area contributed by atoms with Crippen molar-refractivity contribution in [3.8, 4) is 0 Å². The number of carboxylic acid groups (broad SMARTS) is 1. The first-order valence-corrected chi connectivity index (χ1v) is 5.74. The van der Waals surface area contributed by atoms with E-state index in [1.165, 1.54) is 18.2 Å². The number of hydrogen-bond donors (Lipinski definition) is 2. The van der Waals surface area contributed by atoms with Gasteiger partial charge >= 0.3 is 5.97 Å². The number of carbonyl (C=O) groups excluding carboxylic acids is 1. The zero-order valence-electron chi connectivity index (χ0n) is 9.20. The fourth-order valence-electron chi connectivity index (χ4n) is 1.13. The molecule has 0 saturated carbocycles. The van der Waals surface area contributed by atoms with Crippen LogP contribution in [0.15, 0.2) is 22.7 Å². The van der Waals surface area contributed by atoms with E-state index in [2.05, 4.69) is 21.2 Å². The molecule has 0 atom stereocenters. The van der Waals surface area contributed by atoms with E-state index in [0.717, 1.165) is 0 Å². The summed E-state index contributed by atoms with van der Waals surface area (Å²) in [6.07, 6.45) is 0. The summed E-state index contributed by atoms with van der Waals surface area (Å²) >= 11 is 3.19. The molecule has 1 aromatic rings. The van der Waals surface area contributed by atoms with Crippen LogP contribution in [0.1, 0.15) is 17.3 Å². The van der Waals surface area contributed by atoms with Gasteiger partial charge in [-0.05, 0) is 41.1 Å². The molecule has 0 saturated heterocycles. The van der Waals surface area contributed by atoms with Crippen LogP contribution in [0.3, 0.4) is 0 Å². The maximum Gasteiger partial charge on any atom is 0.335 e. The monoisotopic (exact) mass is 301 g/mol. The van der Waals surface area contributed by atoms with Crippen LogP contribution >= 0.6 is 15.9 Å². The number of ether oxygens (including phenoxy) is 1. The first kappa shape index (κ1) is 13.7. The van der Waals surface area contributed by atoms with Gasteiger partial charge in [0.05, 0.1) is 11.3 Å². The number of aromatic carboxylic acids is 1. The molecule has 0 radical (unpaired) electrons. The van der Waals surface area contributed by atoms with E-state index >= 15 is 0 Å². The molecule has 0 fully saturated rings. The average molecular weight is 302 g/mol. The van der Waals surface area contributed by atoms with E-state index < -0.39 is 5.97 Å². The molecule has 6 heteroatoms. The van der Waals surface area contributed by atoms with E-state index in [0.29, 0.717) is 16.8 Å². The predicted octanol–water partition coefficient (Wildman–Crippen LogP) is 2.12. The summed E-state index contributed by atoms with van der Waals surface area (Å²) in [6.45, 7) is 2.24. The normalized spacial score (nSPS) is 10.0. The molecular weight excluding hydrogens is 290 g/mol. The Hall–Kier alpha value is -1.40. The molecule has 0 aliphatic heterocycles. The zero-order valence-corrected chi connectivity index (χ0v) is 10.8. The van der Waals surface area contributed by atoms with Gasteiger partial charge in [-0.3, -0.25) is 4.79 Å². The number of carboxylic acids is 1. The van der Waals surface area contributed by atoms with Gasteiger partial charge in [0.1, 0.15) is 6.61 Å². The van der Waals surface area contributed by atoms with Gasteiger partial charge in [-0.1, -0.05) is 0 Å². The molecule has 1 rings (SSSR count). The summed E-state index contributed by atoms with van der Waals surface area (Å²) in [7, 11) is 0. The standard InChI is InChI=1S/C11H12BrNO4/c1-2-17-6-10(14)13-9-4-3-7(11(15)16)5-8(9)12/h3-5H,2,6H2,1H3,(H,13,14)(H,15,16). The van der Waals surface area contributed by atoms with Gasteiger partial charge in [-0.25, -0.2) is 4.79 Å². The van der Waals surface area contributed by atoms with Crippen molar-refractivity contribution in [1.29, 1.82) is 0 Å². The highest BCUT2D eigenvalue weighted by molar-refractivity contribution is 9.10. The molecule has 92 valence electrons. The lowest BCUT2D eigenvalue weighted by molar-refractivity contribution is -0.120. The number of halogens is 1. The Kier molecular flexibility index (Phi) is 5.11. The molecule has 0 aliphatic carbocycles. The SMILES string of the molecule is CCOCC(=O)Nc1ccc(C(=O)O)cc1Br. The summed E-state index contributed by atoms with van der Waals surface area (Å²) in [4.78, 5) is 22.1. The number of nitrogens with one attached hydrogen (secondary N) is 1. The number of amides is 1. The molecule has 0 aliphatic rings. The Balaban J connectivity index is 2.72. The molecule has 1 amide bonds. The van der Waals surface area contributed by atoms with Gasteiger partial charge in [0, 0.05) is 11.1 Å². The Morgan fingerprint density at radius 2 is 2.18 bits per heavy atom. The fraction of sp³-hybridized carbons (Fsp3) is 0.273. The third kappa shape index (κ3) is 4.16. The third-order valence-electron chi connectivity index (χ3n) is 1.93. The number of carbonyl (C=O) groups is 2. The van der Waals surface area contributed by atoms with Crippen molar-refractivity contribution in [2.24, 2.45) is 0 Å². The van der Waals surface area contributed by atoms with E-state index in [4.69, 9.17) is 9.84 Å². The van der Waals surface area contributed by atoms with E-state index in [1.54, 1.807) is 6.92 Å². The second kappa shape index (κ2) is 6.36. The largest absolute Gasteiger partial charge is 0.478 e. The second-order valence-electron chi connectivity index (χ2n) is 3.19. The number of anilines is 1. The van der Waals surface area contributed by atoms with Crippen LogP contribution in [-0.4, -0.2) is 30.2 Å². The summed E-state index contributed by atoms with van der Waals surface area (Å²) in [5.74, 6) is -1.30. The van der Waals surface area contributed by atoms with Crippen molar-refractivity contribution in [3.63, 3.8) is 0 Å². The molecule has 0 bridgehead atoms. The minimum atomic E-state index is -1.02. The quantitative estimate of drug-likeness (QED) is 0.873. The molecule has 1 aromatic carbocycles. The van der Waals surface area contributed by atoms with Crippen molar-refractivity contribution in [1.82, 2.24) is 0 Å². The number of rotatable bonds is 5. The highest BCUT2D eigenvalue weighted by Gasteiger charge is 2.09. The van der Waals surface area contributed by atoms with Gasteiger partial charge < -0.3 is 15.2 Å². The Labute approximate surface area is 107 Å². The molecule has 0 unspecified atom stereocenters. The number of benzene rings is 1. The van der Waals surface area contributed by atoms with Gasteiger partial charge in [-0.15, -0.1) is 0 Å². The van der Waals surface area contributed by atoms with Gasteiger partial charge in [0.25, 0.3) is 0 Å². The molecule has 0 spiro atoms. The van der Waals surface area contributed by atoms with Crippen LogP contribution in [0, 0.1) is 0 Å². The van der Waals surface area contributed by atoms with E-state index in [-0.39, 0.29) is 18.1 Å². The highest BCUT2D eigenvalue weighted by Crippen LogP contribution is 2.23. The lowest BCUT2D eigenvalue weighted by Gasteiger charge is -2.07. The average Bonchev–Trinajstić information content (AvgIpc) is 2.28. The highest BCUT2D eigenvalue weighted by atomic mass is 79.9. The van der Waals surface area contributed by atoms with Gasteiger partial charge in [0.15, 0.2) is 0 Å². The molecule has 0 heterocycles. The summed E-state index contributed by atoms with van der Waals surface area (Å²) < 4.78 is 5.46. The maximum absolute atomic E-state index is 11.4. The predicted molar refractivity (Wildman–Crippen MR) is 66.2 cm³/mol. The molecule has 5 nitrogen and oxygen atoms in total. The molecule has 2 N–H and O–H groups in total. The first-order chi connectivity index (χ1) is 8.04. The van der Waals surface area contributed by atoms with Crippen LogP contribution in [0.5, 0.6) is 0 Å². The minimum absolute atomic E-state index is 0.0242. The second-order valence-corrected chi connectivity index (χ2v) is 4.04. The van der Waals surface area contributed by atoms with Crippen LogP contribution in [0.25, 0.3) is 0 Å². The topological polar surface area (TPSA) is 75.6 Å². The van der Waals surface area contributed by atoms with Crippen molar-refractivity contribution < 1.29 is 19.4 Å². The molecule has 0 aromatic heterocycles. The third-order valence-corrected chi connectivity index (χ3v) is 2.58. The lowest BCUT2D eigenvalue weighted by atomic mass is 10.2. The Morgan fingerprint density at radius 1 is 1.47 bits per heavy atom. The Bertz CT molecular complexity index is 433. The van der Waals surface area contributed by atoms with E-state index in [1.807, 2.05) is 0 Å². The number of hydrogen-bond acceptors (Lipinski definition) is 3. The van der Waals surface area contributed by atoms with Gasteiger partial charge in [-0.2, -0.15) is 0 Å². The van der Waals surface area contributed by atoms with Crippen LogP contribution in [0.2, 0.25) is 0 Å². The first-order valence-electron chi connectivity index (χ1n) is 4.95. The van der Waals surface area contributed by atoms with Crippen molar-refractivity contribution >= 4 is 33.5 Å². The minimum Gasteiger partial charge on any atom is -0.478 e. The van der Waals surface area contributed by atoms with Crippen LogP contribution in [-0.2, 0) is 9.53 Å². The van der Waals surface area contributed by atoms with Crippen LogP contribution < -0.4 is 5.32 Å². The zero-order chi connectivity index (χ0) is 12.8. The van der Waals surface area contributed by atoms with Gasteiger partial charge in [0.2, 0.25) is 5.91 Å².